The van der Waals surface area contributed by atoms with E-state index in [9.17, 15) is 14.4 Å². The molecule has 0 saturated carbocycles. The Labute approximate surface area is 177 Å². The number of nitrogens with two attached hydrogens (primary N) is 1. The fourth-order valence-electron chi connectivity index (χ4n) is 3.76. The van der Waals surface area contributed by atoms with Crippen LogP contribution in [-0.2, 0) is 22.4 Å². The zero-order valence-corrected chi connectivity index (χ0v) is 17.3. The summed E-state index contributed by atoms with van der Waals surface area (Å²) in [6, 6.07) is 9.00. The zero-order valence-electron chi connectivity index (χ0n) is 16.4. The van der Waals surface area contributed by atoms with Gasteiger partial charge in [-0.05, 0) is 48.3 Å². The Morgan fingerprint density at radius 3 is 2.87 bits per heavy atom. The first-order valence-electron chi connectivity index (χ1n) is 9.68. The highest BCUT2D eigenvalue weighted by atomic mass is 32.1. The summed E-state index contributed by atoms with van der Waals surface area (Å²) in [5.74, 6) is -1.27. The number of rotatable bonds is 5. The van der Waals surface area contributed by atoms with Crippen molar-refractivity contribution in [2.24, 2.45) is 11.7 Å². The van der Waals surface area contributed by atoms with Crippen LogP contribution in [0.25, 0.3) is 10.9 Å². The number of amides is 2. The second-order valence-electron chi connectivity index (χ2n) is 7.43. The number of aryl methyl sites for hydroxylation is 1. The smallest absolute Gasteiger partial charge is 0.339 e. The minimum absolute atomic E-state index is 0.225. The lowest BCUT2D eigenvalue weighted by atomic mass is 9.84. The average molecular weight is 423 g/mol. The van der Waals surface area contributed by atoms with Crippen LogP contribution in [0.3, 0.4) is 0 Å². The summed E-state index contributed by atoms with van der Waals surface area (Å²) >= 11 is 1.18. The highest BCUT2D eigenvalue weighted by molar-refractivity contribution is 7.14. The lowest BCUT2D eigenvalue weighted by Crippen LogP contribution is -2.24. The van der Waals surface area contributed by atoms with Crippen LogP contribution in [0.15, 0.2) is 35.7 Å². The Bertz CT molecular complexity index is 1150. The predicted octanol–water partition coefficient (Wildman–Crippen LogP) is 3.32. The van der Waals surface area contributed by atoms with Gasteiger partial charge >= 0.3 is 5.97 Å². The number of hydrogen-bond donors (Lipinski definition) is 2. The monoisotopic (exact) mass is 423 g/mol. The Morgan fingerprint density at radius 2 is 2.07 bits per heavy atom. The summed E-state index contributed by atoms with van der Waals surface area (Å²) in [5, 5.41) is 5.29. The third kappa shape index (κ3) is 3.91. The van der Waals surface area contributed by atoms with E-state index in [1.54, 1.807) is 5.38 Å². The van der Waals surface area contributed by atoms with Crippen molar-refractivity contribution in [3.8, 4) is 0 Å². The number of hydrogen-bond acceptors (Lipinski definition) is 6. The summed E-state index contributed by atoms with van der Waals surface area (Å²) in [6.45, 7) is 1.69. The molecular weight excluding hydrogens is 402 g/mol. The first-order valence-corrected chi connectivity index (χ1v) is 10.6. The number of nitrogens with one attached hydrogen (secondary N) is 1. The van der Waals surface area contributed by atoms with Gasteiger partial charge < -0.3 is 15.8 Å². The van der Waals surface area contributed by atoms with Crippen molar-refractivity contribution >= 4 is 45.0 Å². The van der Waals surface area contributed by atoms with E-state index in [4.69, 9.17) is 15.5 Å². The highest BCUT2D eigenvalue weighted by Crippen LogP contribution is 2.32. The molecule has 0 fully saturated rings. The molecule has 0 bridgehead atoms. The Balaban J connectivity index is 1.56. The van der Waals surface area contributed by atoms with Crippen molar-refractivity contribution in [1.82, 2.24) is 4.98 Å². The molecule has 7 nitrogen and oxygen atoms in total. The number of aromatic nitrogens is 1. The molecule has 2 heterocycles. The van der Waals surface area contributed by atoms with Crippen LogP contribution >= 0.6 is 11.3 Å². The Hall–Kier alpha value is -3.26. The van der Waals surface area contributed by atoms with Crippen molar-refractivity contribution in [2.45, 2.75) is 26.2 Å². The van der Waals surface area contributed by atoms with Crippen molar-refractivity contribution < 1.29 is 19.1 Å². The quantitative estimate of drug-likeness (QED) is 0.612. The number of anilines is 1. The van der Waals surface area contributed by atoms with Crippen molar-refractivity contribution in [3.05, 3.63) is 58.1 Å². The van der Waals surface area contributed by atoms with Gasteiger partial charge in [0.05, 0.1) is 16.6 Å². The SMILES string of the molecule is CC1CCc2nc3ccccc3c(C(=O)OCC(=O)Nc3sccc3C(N)=O)c2C1. The van der Waals surface area contributed by atoms with Crippen LogP contribution < -0.4 is 11.1 Å². The van der Waals surface area contributed by atoms with E-state index in [0.717, 1.165) is 41.4 Å². The van der Waals surface area contributed by atoms with E-state index in [-0.39, 0.29) is 5.56 Å². The molecule has 1 atom stereocenters. The molecule has 30 heavy (non-hydrogen) atoms. The van der Waals surface area contributed by atoms with Gasteiger partial charge in [0, 0.05) is 11.1 Å². The van der Waals surface area contributed by atoms with E-state index >= 15 is 0 Å². The predicted molar refractivity (Wildman–Crippen MR) is 115 cm³/mol. The van der Waals surface area contributed by atoms with Crippen molar-refractivity contribution in [1.29, 1.82) is 0 Å². The van der Waals surface area contributed by atoms with Crippen LogP contribution in [0.4, 0.5) is 5.00 Å². The summed E-state index contributed by atoms with van der Waals surface area (Å²) in [4.78, 5) is 41.4. The van der Waals surface area contributed by atoms with E-state index in [1.807, 2.05) is 24.3 Å². The molecule has 1 aromatic carbocycles. The van der Waals surface area contributed by atoms with Gasteiger partial charge in [0.25, 0.3) is 11.8 Å². The van der Waals surface area contributed by atoms with Gasteiger partial charge in [0.2, 0.25) is 0 Å². The first kappa shape index (κ1) is 20.0. The van der Waals surface area contributed by atoms with Gasteiger partial charge in [0.15, 0.2) is 6.61 Å². The van der Waals surface area contributed by atoms with Gasteiger partial charge in [-0.25, -0.2) is 4.79 Å². The summed E-state index contributed by atoms with van der Waals surface area (Å²) < 4.78 is 5.36. The molecule has 1 aliphatic rings. The van der Waals surface area contributed by atoms with Gasteiger partial charge in [-0.15, -0.1) is 11.3 Å². The van der Waals surface area contributed by atoms with Crippen LogP contribution in [-0.4, -0.2) is 29.4 Å². The van der Waals surface area contributed by atoms with Crippen LogP contribution in [0.5, 0.6) is 0 Å². The molecule has 0 saturated heterocycles. The molecule has 0 spiro atoms. The number of nitrogens with zero attached hydrogens (tertiary/aromatic N) is 1. The molecular formula is C22H21N3O4S. The number of primary amides is 1. The van der Waals surface area contributed by atoms with Crippen LogP contribution in [0.1, 0.15) is 45.3 Å². The standard InChI is InChI=1S/C22H21N3O4S/c1-12-6-7-17-15(10-12)19(13-4-2-3-5-16(13)24-17)22(28)29-11-18(26)25-21-14(20(23)27)8-9-30-21/h2-5,8-9,12H,6-7,10-11H2,1H3,(H2,23,27)(H,25,26). The number of thiophene rings is 1. The van der Waals surface area contributed by atoms with Crippen LogP contribution in [0, 0.1) is 5.92 Å². The number of carbonyl (C=O) groups excluding carboxylic acids is 3. The van der Waals surface area contributed by atoms with Crippen molar-refractivity contribution in [2.75, 3.05) is 11.9 Å². The fourth-order valence-corrected chi connectivity index (χ4v) is 4.57. The van der Waals surface area contributed by atoms with E-state index < -0.39 is 24.4 Å². The molecule has 3 N–H and O–H groups in total. The number of carbonyl (C=O) groups is 3. The second kappa shape index (κ2) is 8.23. The van der Waals surface area contributed by atoms with Gasteiger partial charge in [0.1, 0.15) is 5.00 Å². The number of para-hydroxylation sites is 1. The maximum absolute atomic E-state index is 13.0. The lowest BCUT2D eigenvalue weighted by molar-refractivity contribution is -0.119. The summed E-state index contributed by atoms with van der Waals surface area (Å²) in [5.41, 5.74) is 8.58. The maximum atomic E-state index is 13.0. The average Bonchev–Trinajstić information content (AvgIpc) is 3.18. The molecule has 1 aliphatic carbocycles. The molecule has 8 heteroatoms. The largest absolute Gasteiger partial charge is 0.452 e. The maximum Gasteiger partial charge on any atom is 0.339 e. The molecule has 0 radical (unpaired) electrons. The number of fused-ring (bicyclic) bond motifs is 2. The lowest BCUT2D eigenvalue weighted by Gasteiger charge is -2.24. The van der Waals surface area contributed by atoms with Crippen molar-refractivity contribution in [3.63, 3.8) is 0 Å². The van der Waals surface area contributed by atoms with E-state index in [0.29, 0.717) is 16.5 Å². The highest BCUT2D eigenvalue weighted by Gasteiger charge is 2.26. The summed E-state index contributed by atoms with van der Waals surface area (Å²) in [7, 11) is 0. The molecule has 154 valence electrons. The molecule has 2 amide bonds. The third-order valence-electron chi connectivity index (χ3n) is 5.23. The molecule has 0 aliphatic heterocycles. The summed E-state index contributed by atoms with van der Waals surface area (Å²) in [6.07, 6.45) is 2.59. The third-order valence-corrected chi connectivity index (χ3v) is 6.06. The van der Waals surface area contributed by atoms with Gasteiger partial charge in [-0.1, -0.05) is 25.1 Å². The molecule has 1 unspecified atom stereocenters. The minimum Gasteiger partial charge on any atom is -0.452 e. The number of benzene rings is 1. The van der Waals surface area contributed by atoms with Gasteiger partial charge in [-0.2, -0.15) is 0 Å². The fraction of sp³-hybridized carbons (Fsp3) is 0.273. The normalized spacial score (nSPS) is 15.4. The zero-order chi connectivity index (χ0) is 21.3. The minimum atomic E-state index is -0.632. The number of pyridine rings is 1. The van der Waals surface area contributed by atoms with Crippen LogP contribution in [0.2, 0.25) is 0 Å². The molecule has 2 aromatic heterocycles. The molecule has 4 rings (SSSR count). The topological polar surface area (TPSA) is 111 Å². The number of esters is 1. The van der Waals surface area contributed by atoms with E-state index in [2.05, 4.69) is 12.2 Å². The van der Waals surface area contributed by atoms with Gasteiger partial charge in [-0.3, -0.25) is 14.6 Å². The Kier molecular flexibility index (Phi) is 5.50. The first-order chi connectivity index (χ1) is 14.4. The van der Waals surface area contributed by atoms with E-state index in [1.165, 1.54) is 17.4 Å². The number of ether oxygens (including phenoxy) is 1. The Morgan fingerprint density at radius 1 is 1.27 bits per heavy atom. The molecule has 3 aromatic rings. The second-order valence-corrected chi connectivity index (χ2v) is 8.35.